The fourth-order valence-electron chi connectivity index (χ4n) is 1.33. The van der Waals surface area contributed by atoms with E-state index in [1.807, 2.05) is 0 Å². The van der Waals surface area contributed by atoms with Gasteiger partial charge in [0.25, 0.3) is 6.43 Å². The second-order valence-electron chi connectivity index (χ2n) is 3.34. The number of carbonyl (C=O) groups is 1. The average molecular weight is 240 g/mol. The molecule has 0 aromatic carbocycles. The summed E-state index contributed by atoms with van der Waals surface area (Å²) in [4.78, 5) is 14.8. The Morgan fingerprint density at radius 1 is 1.65 bits per heavy atom. The molecule has 0 N–H and O–H groups in total. The van der Waals surface area contributed by atoms with Crippen LogP contribution in [-0.4, -0.2) is 18.1 Å². The van der Waals surface area contributed by atoms with Gasteiger partial charge in [-0.05, 0) is 18.6 Å². The third-order valence-corrected chi connectivity index (χ3v) is 2.25. The maximum absolute atomic E-state index is 12.6. The van der Waals surface area contributed by atoms with Gasteiger partial charge in [-0.3, -0.25) is 4.79 Å². The van der Waals surface area contributed by atoms with Gasteiger partial charge in [0.2, 0.25) is 0 Å². The summed E-state index contributed by atoms with van der Waals surface area (Å²) in [7, 11) is 1.21. The quantitative estimate of drug-likeness (QED) is 0.757. The largest absolute Gasteiger partial charge is 0.469 e. The van der Waals surface area contributed by atoms with Gasteiger partial charge in [0.15, 0.2) is 0 Å². The third kappa shape index (κ3) is 2.97. The number of carbonyl (C=O) groups excluding carboxylic acids is 1. The molecule has 0 aliphatic rings. The predicted molar refractivity (Wildman–Crippen MR) is 54.4 cm³/mol. The third-order valence-electron chi connectivity index (χ3n) is 2.25. The van der Waals surface area contributed by atoms with Crippen molar-refractivity contribution >= 4 is 5.97 Å². The Balaban J connectivity index is 3.21. The second-order valence-corrected chi connectivity index (χ2v) is 3.34. The van der Waals surface area contributed by atoms with E-state index in [4.69, 9.17) is 5.26 Å². The average Bonchev–Trinajstić information content (AvgIpc) is 2.30. The van der Waals surface area contributed by atoms with E-state index in [2.05, 4.69) is 9.72 Å². The number of pyridine rings is 1. The SMILES string of the molecule is COC(=O)Cc1cc(C(F)F)c(C#N)nc1C. The summed E-state index contributed by atoms with van der Waals surface area (Å²) >= 11 is 0. The monoisotopic (exact) mass is 240 g/mol. The fourth-order valence-corrected chi connectivity index (χ4v) is 1.33. The van der Waals surface area contributed by atoms with Crippen molar-refractivity contribution in [3.63, 3.8) is 0 Å². The minimum atomic E-state index is -2.80. The number of halogens is 2. The van der Waals surface area contributed by atoms with Crippen LogP contribution in [0.5, 0.6) is 0 Å². The molecule has 0 atom stereocenters. The van der Waals surface area contributed by atoms with E-state index in [9.17, 15) is 13.6 Å². The standard InChI is InChI=1S/C11H10F2N2O2/c1-6-7(4-10(16)17-2)3-8(11(12)13)9(5-14)15-6/h3,11H,4H2,1-2H3. The highest BCUT2D eigenvalue weighted by molar-refractivity contribution is 5.72. The minimum Gasteiger partial charge on any atom is -0.469 e. The highest BCUT2D eigenvalue weighted by Gasteiger charge is 2.18. The fraction of sp³-hybridized carbons (Fsp3) is 0.364. The summed E-state index contributed by atoms with van der Waals surface area (Å²) < 4.78 is 29.7. The Hall–Kier alpha value is -2.03. The summed E-state index contributed by atoms with van der Waals surface area (Å²) in [6.07, 6.45) is -2.94. The smallest absolute Gasteiger partial charge is 0.310 e. The number of hydrogen-bond acceptors (Lipinski definition) is 4. The van der Waals surface area contributed by atoms with Gasteiger partial charge in [-0.25, -0.2) is 13.8 Å². The summed E-state index contributed by atoms with van der Waals surface area (Å²) in [6.45, 7) is 1.55. The van der Waals surface area contributed by atoms with Crippen LogP contribution < -0.4 is 0 Å². The lowest BCUT2D eigenvalue weighted by molar-refractivity contribution is -0.139. The van der Waals surface area contributed by atoms with E-state index < -0.39 is 18.0 Å². The van der Waals surface area contributed by atoms with E-state index in [1.54, 1.807) is 13.0 Å². The first-order valence-corrected chi connectivity index (χ1v) is 4.75. The number of nitrogens with zero attached hydrogens (tertiary/aromatic N) is 2. The number of methoxy groups -OCH3 is 1. The molecule has 17 heavy (non-hydrogen) atoms. The molecule has 0 fully saturated rings. The van der Waals surface area contributed by atoms with Crippen LogP contribution in [0.1, 0.15) is 28.9 Å². The number of aromatic nitrogens is 1. The number of esters is 1. The van der Waals surface area contributed by atoms with Gasteiger partial charge in [0, 0.05) is 5.69 Å². The molecule has 4 nitrogen and oxygen atoms in total. The lowest BCUT2D eigenvalue weighted by Gasteiger charge is -2.08. The van der Waals surface area contributed by atoms with Crippen molar-refractivity contribution in [1.82, 2.24) is 4.98 Å². The molecular formula is C11H10F2N2O2. The minimum absolute atomic E-state index is 0.138. The van der Waals surface area contributed by atoms with Crippen molar-refractivity contribution in [2.24, 2.45) is 0 Å². The van der Waals surface area contributed by atoms with Crippen molar-refractivity contribution in [3.8, 4) is 6.07 Å². The molecule has 0 aliphatic heterocycles. The predicted octanol–water partition coefficient (Wildman–Crippen LogP) is 1.91. The van der Waals surface area contributed by atoms with Crippen LogP contribution in [0.2, 0.25) is 0 Å². The molecule has 0 saturated carbocycles. The topological polar surface area (TPSA) is 63.0 Å². The lowest BCUT2D eigenvalue weighted by Crippen LogP contribution is -2.09. The summed E-state index contributed by atoms with van der Waals surface area (Å²) in [5.74, 6) is -0.542. The molecule has 0 spiro atoms. The van der Waals surface area contributed by atoms with Crippen LogP contribution in [0.15, 0.2) is 6.07 Å². The normalized spacial score (nSPS) is 10.1. The van der Waals surface area contributed by atoms with Gasteiger partial charge in [-0.1, -0.05) is 0 Å². The first-order valence-electron chi connectivity index (χ1n) is 4.75. The Bertz CT molecular complexity index is 481. The lowest BCUT2D eigenvalue weighted by atomic mass is 10.1. The van der Waals surface area contributed by atoms with Gasteiger partial charge in [0.05, 0.1) is 19.1 Å². The van der Waals surface area contributed by atoms with E-state index >= 15 is 0 Å². The summed E-state index contributed by atoms with van der Waals surface area (Å²) in [6, 6.07) is 2.73. The highest BCUT2D eigenvalue weighted by Crippen LogP contribution is 2.24. The van der Waals surface area contributed by atoms with Crippen molar-refractivity contribution in [2.75, 3.05) is 7.11 Å². The van der Waals surface area contributed by atoms with Crippen molar-refractivity contribution in [3.05, 3.63) is 28.6 Å². The molecule has 6 heteroatoms. The highest BCUT2D eigenvalue weighted by atomic mass is 19.3. The molecule has 0 amide bonds. The van der Waals surface area contributed by atoms with Crippen LogP contribution in [0.4, 0.5) is 8.78 Å². The molecule has 1 aromatic heterocycles. The van der Waals surface area contributed by atoms with Crippen LogP contribution in [-0.2, 0) is 16.0 Å². The number of hydrogen-bond donors (Lipinski definition) is 0. The van der Waals surface area contributed by atoms with Crippen molar-refractivity contribution < 1.29 is 18.3 Å². The molecule has 0 radical (unpaired) electrons. The number of rotatable bonds is 3. The number of nitriles is 1. The molecular weight excluding hydrogens is 230 g/mol. The molecule has 0 saturated heterocycles. The van der Waals surface area contributed by atoms with E-state index in [-0.39, 0.29) is 12.1 Å². The van der Waals surface area contributed by atoms with E-state index in [0.29, 0.717) is 11.3 Å². The summed E-state index contributed by atoms with van der Waals surface area (Å²) in [5.41, 5.74) is -0.0642. The van der Waals surface area contributed by atoms with Gasteiger partial charge in [-0.2, -0.15) is 5.26 Å². The Labute approximate surface area is 96.8 Å². The Morgan fingerprint density at radius 3 is 2.76 bits per heavy atom. The first kappa shape index (κ1) is 13.0. The van der Waals surface area contributed by atoms with E-state index in [0.717, 1.165) is 6.07 Å². The van der Waals surface area contributed by atoms with E-state index in [1.165, 1.54) is 7.11 Å². The Morgan fingerprint density at radius 2 is 2.29 bits per heavy atom. The van der Waals surface area contributed by atoms with Crippen molar-refractivity contribution in [1.29, 1.82) is 5.26 Å². The van der Waals surface area contributed by atoms with Crippen LogP contribution in [0, 0.1) is 18.3 Å². The van der Waals surface area contributed by atoms with Gasteiger partial charge in [0.1, 0.15) is 11.8 Å². The molecule has 90 valence electrons. The number of aryl methyl sites for hydroxylation is 1. The zero-order chi connectivity index (χ0) is 13.0. The number of ether oxygens (including phenoxy) is 1. The van der Waals surface area contributed by atoms with Gasteiger partial charge >= 0.3 is 5.97 Å². The molecule has 1 heterocycles. The maximum Gasteiger partial charge on any atom is 0.310 e. The molecule has 0 bridgehead atoms. The second kappa shape index (κ2) is 5.34. The zero-order valence-electron chi connectivity index (χ0n) is 9.33. The first-order chi connectivity index (χ1) is 7.99. The Kier molecular flexibility index (Phi) is 4.10. The van der Waals surface area contributed by atoms with Crippen LogP contribution in [0.25, 0.3) is 0 Å². The van der Waals surface area contributed by atoms with Crippen LogP contribution >= 0.6 is 0 Å². The molecule has 0 unspecified atom stereocenters. The van der Waals surface area contributed by atoms with Crippen LogP contribution in [0.3, 0.4) is 0 Å². The molecule has 1 rings (SSSR count). The van der Waals surface area contributed by atoms with Gasteiger partial charge in [-0.15, -0.1) is 0 Å². The summed E-state index contributed by atoms with van der Waals surface area (Å²) in [5, 5.41) is 8.67. The zero-order valence-corrected chi connectivity index (χ0v) is 9.33. The molecule has 0 aliphatic carbocycles. The molecule has 1 aromatic rings. The number of alkyl halides is 2. The van der Waals surface area contributed by atoms with Gasteiger partial charge < -0.3 is 4.74 Å². The van der Waals surface area contributed by atoms with Crippen molar-refractivity contribution in [2.45, 2.75) is 19.8 Å². The maximum atomic E-state index is 12.6.